The Labute approximate surface area is 111 Å². The Bertz CT molecular complexity index is 494. The van der Waals surface area contributed by atoms with Crippen molar-refractivity contribution >= 4 is 5.91 Å². The minimum Gasteiger partial charge on any atom is -0.337 e. The number of hydrogen-bond donors (Lipinski definition) is 1. The predicted molar refractivity (Wildman–Crippen MR) is 68.8 cm³/mol. The zero-order valence-corrected chi connectivity index (χ0v) is 11.1. The number of amides is 1. The SMILES string of the molecule is Cc1cc(C(=O)N2CC(C)CC(N)C2)c(F)cc1F. The summed E-state index contributed by atoms with van der Waals surface area (Å²) >= 11 is 0. The van der Waals surface area contributed by atoms with Crippen LogP contribution in [0, 0.1) is 24.5 Å². The van der Waals surface area contributed by atoms with Gasteiger partial charge in [0.1, 0.15) is 11.6 Å². The van der Waals surface area contributed by atoms with E-state index in [-0.39, 0.29) is 23.1 Å². The van der Waals surface area contributed by atoms with Crippen molar-refractivity contribution in [1.82, 2.24) is 4.90 Å². The highest BCUT2D eigenvalue weighted by Gasteiger charge is 2.28. The number of carbonyl (C=O) groups excluding carboxylic acids is 1. The lowest BCUT2D eigenvalue weighted by Gasteiger charge is -2.35. The number of hydrogen-bond acceptors (Lipinski definition) is 2. The minimum absolute atomic E-state index is 0.0831. The van der Waals surface area contributed by atoms with Crippen LogP contribution < -0.4 is 5.73 Å². The molecular weight excluding hydrogens is 250 g/mol. The maximum atomic E-state index is 13.7. The van der Waals surface area contributed by atoms with E-state index in [9.17, 15) is 13.6 Å². The Kier molecular flexibility index (Phi) is 3.85. The first-order chi connectivity index (χ1) is 8.88. The Morgan fingerprint density at radius 1 is 1.32 bits per heavy atom. The summed E-state index contributed by atoms with van der Waals surface area (Å²) in [4.78, 5) is 13.8. The van der Waals surface area contributed by atoms with Gasteiger partial charge in [0, 0.05) is 25.2 Å². The molecule has 0 spiro atoms. The fourth-order valence-electron chi connectivity index (χ4n) is 2.56. The van der Waals surface area contributed by atoms with Crippen LogP contribution in [0.1, 0.15) is 29.3 Å². The molecule has 19 heavy (non-hydrogen) atoms. The molecule has 1 saturated heterocycles. The molecule has 1 aliphatic rings. The van der Waals surface area contributed by atoms with E-state index in [1.54, 1.807) is 4.90 Å². The molecule has 104 valence electrons. The lowest BCUT2D eigenvalue weighted by atomic mass is 9.96. The molecule has 0 radical (unpaired) electrons. The van der Waals surface area contributed by atoms with Crippen molar-refractivity contribution in [3.05, 3.63) is 34.9 Å². The smallest absolute Gasteiger partial charge is 0.256 e. The molecule has 0 aromatic heterocycles. The number of piperidine rings is 1. The highest BCUT2D eigenvalue weighted by atomic mass is 19.1. The van der Waals surface area contributed by atoms with Gasteiger partial charge < -0.3 is 10.6 Å². The van der Waals surface area contributed by atoms with Crippen LogP contribution >= 0.6 is 0 Å². The number of aryl methyl sites for hydroxylation is 1. The second-order valence-electron chi connectivity index (χ2n) is 5.39. The largest absolute Gasteiger partial charge is 0.337 e. The van der Waals surface area contributed by atoms with E-state index < -0.39 is 17.5 Å². The van der Waals surface area contributed by atoms with Crippen LogP contribution in [0.2, 0.25) is 0 Å². The molecule has 2 N–H and O–H groups in total. The second-order valence-corrected chi connectivity index (χ2v) is 5.39. The van der Waals surface area contributed by atoms with Crippen molar-refractivity contribution in [2.75, 3.05) is 13.1 Å². The number of benzene rings is 1. The van der Waals surface area contributed by atoms with E-state index in [2.05, 4.69) is 0 Å². The first-order valence-corrected chi connectivity index (χ1v) is 6.39. The molecule has 1 aliphatic heterocycles. The highest BCUT2D eigenvalue weighted by Crippen LogP contribution is 2.20. The fraction of sp³-hybridized carbons (Fsp3) is 0.500. The molecule has 1 heterocycles. The van der Waals surface area contributed by atoms with Gasteiger partial charge in [0.15, 0.2) is 0 Å². The van der Waals surface area contributed by atoms with E-state index in [0.29, 0.717) is 13.1 Å². The van der Waals surface area contributed by atoms with Gasteiger partial charge in [0.2, 0.25) is 0 Å². The summed E-state index contributed by atoms with van der Waals surface area (Å²) < 4.78 is 26.9. The molecule has 5 heteroatoms. The quantitative estimate of drug-likeness (QED) is 0.847. The van der Waals surface area contributed by atoms with Crippen molar-refractivity contribution in [2.24, 2.45) is 11.7 Å². The normalized spacial score (nSPS) is 23.5. The lowest BCUT2D eigenvalue weighted by molar-refractivity contribution is 0.0656. The zero-order valence-electron chi connectivity index (χ0n) is 11.1. The third-order valence-corrected chi connectivity index (χ3v) is 3.46. The second kappa shape index (κ2) is 5.25. The summed E-state index contributed by atoms with van der Waals surface area (Å²) in [6.45, 7) is 4.49. The van der Waals surface area contributed by atoms with Gasteiger partial charge >= 0.3 is 0 Å². The summed E-state index contributed by atoms with van der Waals surface area (Å²) in [7, 11) is 0. The molecule has 0 aliphatic carbocycles. The van der Waals surface area contributed by atoms with Gasteiger partial charge in [0.25, 0.3) is 5.91 Å². The van der Waals surface area contributed by atoms with Crippen LogP contribution in [0.5, 0.6) is 0 Å². The Hall–Kier alpha value is -1.49. The molecule has 1 fully saturated rings. The summed E-state index contributed by atoms with van der Waals surface area (Å²) in [6, 6.07) is 1.94. The molecule has 0 bridgehead atoms. The summed E-state index contributed by atoms with van der Waals surface area (Å²) in [5, 5.41) is 0. The van der Waals surface area contributed by atoms with Crippen LogP contribution in [-0.2, 0) is 0 Å². The average Bonchev–Trinajstić information content (AvgIpc) is 2.31. The number of carbonyl (C=O) groups is 1. The number of nitrogens with two attached hydrogens (primary N) is 1. The van der Waals surface area contributed by atoms with E-state index in [1.165, 1.54) is 13.0 Å². The summed E-state index contributed by atoms with van der Waals surface area (Å²) in [5.74, 6) is -1.59. The number of halogens is 2. The van der Waals surface area contributed by atoms with E-state index >= 15 is 0 Å². The molecule has 1 amide bonds. The standard InChI is InChI=1S/C14H18F2N2O/c1-8-3-10(17)7-18(6-8)14(19)11-4-9(2)12(15)5-13(11)16/h4-5,8,10H,3,6-7,17H2,1-2H3. The van der Waals surface area contributed by atoms with Crippen LogP contribution in [0.3, 0.4) is 0 Å². The molecule has 2 unspecified atom stereocenters. The first kappa shape index (κ1) is 13.9. The maximum Gasteiger partial charge on any atom is 0.256 e. The topological polar surface area (TPSA) is 46.3 Å². The van der Waals surface area contributed by atoms with Gasteiger partial charge in [-0.1, -0.05) is 6.92 Å². The summed E-state index contributed by atoms with van der Waals surface area (Å²) in [6.07, 6.45) is 0.856. The van der Waals surface area contributed by atoms with Crippen LogP contribution in [0.15, 0.2) is 12.1 Å². The van der Waals surface area contributed by atoms with Gasteiger partial charge in [-0.15, -0.1) is 0 Å². The van der Waals surface area contributed by atoms with Gasteiger partial charge in [-0.3, -0.25) is 4.79 Å². The number of nitrogens with zero attached hydrogens (tertiary/aromatic N) is 1. The molecular formula is C14H18F2N2O. The molecule has 0 saturated carbocycles. The van der Waals surface area contributed by atoms with Gasteiger partial charge in [-0.05, 0) is 30.9 Å². The Morgan fingerprint density at radius 2 is 2.00 bits per heavy atom. The fourth-order valence-corrected chi connectivity index (χ4v) is 2.56. The Balaban J connectivity index is 2.26. The van der Waals surface area contributed by atoms with Crippen LogP contribution in [-0.4, -0.2) is 29.9 Å². The van der Waals surface area contributed by atoms with Gasteiger partial charge in [-0.2, -0.15) is 0 Å². The van der Waals surface area contributed by atoms with Crippen molar-refractivity contribution in [2.45, 2.75) is 26.3 Å². The van der Waals surface area contributed by atoms with Gasteiger partial charge in [-0.25, -0.2) is 8.78 Å². The monoisotopic (exact) mass is 268 g/mol. The summed E-state index contributed by atoms with van der Waals surface area (Å²) in [5.41, 5.74) is 6.06. The molecule has 2 atom stereocenters. The average molecular weight is 268 g/mol. The molecule has 1 aromatic carbocycles. The van der Waals surface area contributed by atoms with Crippen molar-refractivity contribution in [3.63, 3.8) is 0 Å². The molecule has 1 aromatic rings. The van der Waals surface area contributed by atoms with Gasteiger partial charge in [0.05, 0.1) is 5.56 Å². The molecule has 2 rings (SSSR count). The molecule has 3 nitrogen and oxygen atoms in total. The Morgan fingerprint density at radius 3 is 2.63 bits per heavy atom. The highest BCUT2D eigenvalue weighted by molar-refractivity contribution is 5.94. The van der Waals surface area contributed by atoms with Crippen molar-refractivity contribution in [3.8, 4) is 0 Å². The van der Waals surface area contributed by atoms with E-state index in [0.717, 1.165) is 12.5 Å². The third kappa shape index (κ3) is 2.92. The van der Waals surface area contributed by atoms with E-state index in [4.69, 9.17) is 5.73 Å². The third-order valence-electron chi connectivity index (χ3n) is 3.46. The minimum atomic E-state index is -0.820. The van der Waals surface area contributed by atoms with Crippen LogP contribution in [0.25, 0.3) is 0 Å². The maximum absolute atomic E-state index is 13.7. The first-order valence-electron chi connectivity index (χ1n) is 6.39. The van der Waals surface area contributed by atoms with Crippen molar-refractivity contribution < 1.29 is 13.6 Å². The predicted octanol–water partition coefficient (Wildman–Crippen LogP) is 2.08. The van der Waals surface area contributed by atoms with E-state index in [1.807, 2.05) is 6.92 Å². The van der Waals surface area contributed by atoms with Crippen molar-refractivity contribution in [1.29, 1.82) is 0 Å². The number of likely N-dealkylation sites (tertiary alicyclic amines) is 1. The van der Waals surface area contributed by atoms with Crippen LogP contribution in [0.4, 0.5) is 8.78 Å². The number of rotatable bonds is 1. The zero-order chi connectivity index (χ0) is 14.2. The lowest BCUT2D eigenvalue weighted by Crippen LogP contribution is -2.49.